The van der Waals surface area contributed by atoms with Crippen LogP contribution in [0.2, 0.25) is 0 Å². The highest BCUT2D eigenvalue weighted by atomic mass is 16.5. The van der Waals surface area contributed by atoms with E-state index in [0.29, 0.717) is 13.1 Å². The normalized spacial score (nSPS) is 24.4. The Morgan fingerprint density at radius 2 is 1.93 bits per heavy atom. The van der Waals surface area contributed by atoms with Gasteiger partial charge in [0.1, 0.15) is 6.10 Å². The van der Waals surface area contributed by atoms with Crippen LogP contribution in [0.4, 0.5) is 0 Å². The molecule has 3 rings (SSSR count). The van der Waals surface area contributed by atoms with Gasteiger partial charge in [0.15, 0.2) is 11.5 Å². The molecule has 2 fully saturated rings. The van der Waals surface area contributed by atoms with Crippen LogP contribution in [0.25, 0.3) is 0 Å². The summed E-state index contributed by atoms with van der Waals surface area (Å²) in [6, 6.07) is 6.13. The van der Waals surface area contributed by atoms with Crippen LogP contribution >= 0.6 is 0 Å². The van der Waals surface area contributed by atoms with Crippen molar-refractivity contribution in [1.29, 1.82) is 0 Å². The molecule has 6 nitrogen and oxygen atoms in total. The Bertz CT molecular complexity index is 643. The third-order valence-electron chi connectivity index (χ3n) is 6.07. The van der Waals surface area contributed by atoms with Crippen LogP contribution < -0.4 is 20.5 Å². The quantitative estimate of drug-likeness (QED) is 0.764. The highest BCUT2D eigenvalue weighted by molar-refractivity contribution is 5.81. The molecule has 1 amide bonds. The fraction of sp³-hybridized carbons (Fsp3) is 0.667. The second-order valence-electron chi connectivity index (χ2n) is 7.69. The first-order chi connectivity index (χ1) is 13.1. The van der Waals surface area contributed by atoms with Gasteiger partial charge in [-0.15, -0.1) is 0 Å². The SMILES string of the molecule is COc1ccc(C2(CNC(=O)[C@@H]3CC[C@H](CN)O3)CCCCC2)cc1OC. The number of amides is 1. The average Bonchev–Trinajstić information content (AvgIpc) is 3.21. The van der Waals surface area contributed by atoms with Crippen molar-refractivity contribution in [3.63, 3.8) is 0 Å². The number of hydrogen-bond donors (Lipinski definition) is 2. The molecule has 150 valence electrons. The van der Waals surface area contributed by atoms with Crippen LogP contribution in [-0.2, 0) is 14.9 Å². The summed E-state index contributed by atoms with van der Waals surface area (Å²) >= 11 is 0. The van der Waals surface area contributed by atoms with E-state index in [4.69, 9.17) is 19.9 Å². The Balaban J connectivity index is 1.74. The van der Waals surface area contributed by atoms with Gasteiger partial charge in [0, 0.05) is 18.5 Å². The number of carbonyl (C=O) groups excluding carboxylic acids is 1. The topological polar surface area (TPSA) is 82.8 Å². The molecular weight excluding hydrogens is 344 g/mol. The zero-order valence-electron chi connectivity index (χ0n) is 16.5. The zero-order valence-corrected chi connectivity index (χ0v) is 16.5. The third kappa shape index (κ3) is 4.38. The standard InChI is InChI=1S/C21H32N2O4/c1-25-17-8-6-15(12-19(17)26-2)21(10-4-3-5-11-21)14-23-20(24)18-9-7-16(13-22)27-18/h6,8,12,16,18H,3-5,7,9-11,13-14,22H2,1-2H3,(H,23,24)/t16-,18+/m1/s1. The minimum atomic E-state index is -0.371. The monoisotopic (exact) mass is 376 g/mol. The number of carbonyl (C=O) groups is 1. The van der Waals surface area contributed by atoms with Gasteiger partial charge < -0.3 is 25.3 Å². The van der Waals surface area contributed by atoms with Crippen LogP contribution in [0.1, 0.15) is 50.5 Å². The Kier molecular flexibility index (Phi) is 6.60. The number of ether oxygens (including phenoxy) is 3. The minimum absolute atomic E-state index is 0.00948. The fourth-order valence-electron chi connectivity index (χ4n) is 4.40. The summed E-state index contributed by atoms with van der Waals surface area (Å²) in [5, 5.41) is 3.17. The largest absolute Gasteiger partial charge is 0.493 e. The first-order valence-electron chi connectivity index (χ1n) is 9.97. The Labute approximate surface area is 161 Å². The Morgan fingerprint density at radius 3 is 2.56 bits per heavy atom. The van der Waals surface area contributed by atoms with E-state index in [1.54, 1.807) is 14.2 Å². The van der Waals surface area contributed by atoms with E-state index in [-0.39, 0.29) is 23.5 Å². The van der Waals surface area contributed by atoms with Gasteiger partial charge in [-0.3, -0.25) is 4.79 Å². The van der Waals surface area contributed by atoms with Gasteiger partial charge in [0.05, 0.1) is 20.3 Å². The predicted molar refractivity (Wildman–Crippen MR) is 104 cm³/mol. The van der Waals surface area contributed by atoms with Crippen molar-refractivity contribution >= 4 is 5.91 Å². The van der Waals surface area contributed by atoms with E-state index in [0.717, 1.165) is 37.2 Å². The van der Waals surface area contributed by atoms with Crippen LogP contribution in [-0.4, -0.2) is 45.4 Å². The molecular formula is C21H32N2O4. The molecule has 1 heterocycles. The van der Waals surface area contributed by atoms with Crippen molar-refractivity contribution in [2.75, 3.05) is 27.3 Å². The number of benzene rings is 1. The molecule has 27 heavy (non-hydrogen) atoms. The lowest BCUT2D eigenvalue weighted by atomic mass is 9.69. The van der Waals surface area contributed by atoms with Gasteiger partial charge >= 0.3 is 0 Å². The van der Waals surface area contributed by atoms with Gasteiger partial charge in [-0.2, -0.15) is 0 Å². The summed E-state index contributed by atoms with van der Waals surface area (Å²) < 4.78 is 16.6. The van der Waals surface area contributed by atoms with E-state index in [2.05, 4.69) is 17.4 Å². The van der Waals surface area contributed by atoms with Gasteiger partial charge in [-0.25, -0.2) is 0 Å². The molecule has 2 aliphatic rings. The van der Waals surface area contributed by atoms with Crippen molar-refractivity contribution in [2.45, 2.75) is 62.6 Å². The summed E-state index contributed by atoms with van der Waals surface area (Å²) in [7, 11) is 3.30. The molecule has 1 saturated heterocycles. The van der Waals surface area contributed by atoms with Crippen LogP contribution in [0, 0.1) is 0 Å². The van der Waals surface area contributed by atoms with E-state index in [1.165, 1.54) is 24.8 Å². The molecule has 0 spiro atoms. The van der Waals surface area contributed by atoms with E-state index < -0.39 is 0 Å². The molecule has 0 radical (unpaired) electrons. The van der Waals surface area contributed by atoms with Crippen LogP contribution in [0.3, 0.4) is 0 Å². The van der Waals surface area contributed by atoms with Gasteiger partial charge in [-0.05, 0) is 43.4 Å². The van der Waals surface area contributed by atoms with Crippen molar-refractivity contribution in [3.05, 3.63) is 23.8 Å². The average molecular weight is 376 g/mol. The maximum absolute atomic E-state index is 12.6. The maximum Gasteiger partial charge on any atom is 0.249 e. The smallest absolute Gasteiger partial charge is 0.249 e. The number of hydrogen-bond acceptors (Lipinski definition) is 5. The minimum Gasteiger partial charge on any atom is -0.493 e. The molecule has 6 heteroatoms. The maximum atomic E-state index is 12.6. The summed E-state index contributed by atoms with van der Waals surface area (Å²) in [4.78, 5) is 12.6. The lowest BCUT2D eigenvalue weighted by Crippen LogP contribution is -2.45. The first-order valence-corrected chi connectivity index (χ1v) is 9.97. The highest BCUT2D eigenvalue weighted by Crippen LogP contribution is 2.42. The van der Waals surface area contributed by atoms with Crippen LogP contribution in [0.5, 0.6) is 11.5 Å². The summed E-state index contributed by atoms with van der Waals surface area (Å²) in [5.41, 5.74) is 6.79. The third-order valence-corrected chi connectivity index (χ3v) is 6.07. The van der Waals surface area contributed by atoms with E-state index in [9.17, 15) is 4.79 Å². The summed E-state index contributed by atoms with van der Waals surface area (Å²) in [6.45, 7) is 1.09. The zero-order chi connectivity index (χ0) is 19.3. The highest BCUT2D eigenvalue weighted by Gasteiger charge is 2.37. The van der Waals surface area contributed by atoms with Gasteiger partial charge in [0.2, 0.25) is 5.91 Å². The molecule has 1 aromatic carbocycles. The second kappa shape index (κ2) is 8.93. The second-order valence-corrected chi connectivity index (χ2v) is 7.69. The fourth-order valence-corrected chi connectivity index (χ4v) is 4.40. The molecule has 3 N–H and O–H groups in total. The van der Waals surface area contributed by atoms with Gasteiger partial charge in [-0.1, -0.05) is 25.3 Å². The lowest BCUT2D eigenvalue weighted by molar-refractivity contribution is -0.132. The van der Waals surface area contributed by atoms with Crippen molar-refractivity contribution in [2.24, 2.45) is 5.73 Å². The Hall–Kier alpha value is -1.79. The Morgan fingerprint density at radius 1 is 1.19 bits per heavy atom. The molecule has 0 aromatic heterocycles. The van der Waals surface area contributed by atoms with Crippen molar-refractivity contribution in [1.82, 2.24) is 5.32 Å². The molecule has 1 aliphatic heterocycles. The molecule has 2 atom stereocenters. The van der Waals surface area contributed by atoms with Crippen molar-refractivity contribution < 1.29 is 19.0 Å². The predicted octanol–water partition coefficient (Wildman–Crippen LogP) is 2.53. The number of nitrogens with two attached hydrogens (primary N) is 1. The van der Waals surface area contributed by atoms with E-state index in [1.807, 2.05) is 6.07 Å². The summed E-state index contributed by atoms with van der Waals surface area (Å²) in [5.74, 6) is 1.44. The molecule has 1 aliphatic carbocycles. The van der Waals surface area contributed by atoms with E-state index >= 15 is 0 Å². The molecule has 1 aromatic rings. The number of rotatable bonds is 7. The first kappa shape index (κ1) is 20.0. The number of nitrogens with one attached hydrogen (secondary N) is 1. The lowest BCUT2D eigenvalue weighted by Gasteiger charge is -2.38. The molecule has 0 unspecified atom stereocenters. The van der Waals surface area contributed by atoms with Crippen molar-refractivity contribution in [3.8, 4) is 11.5 Å². The molecule has 1 saturated carbocycles. The number of methoxy groups -OCH3 is 2. The molecule has 0 bridgehead atoms. The van der Waals surface area contributed by atoms with Gasteiger partial charge in [0.25, 0.3) is 0 Å². The summed E-state index contributed by atoms with van der Waals surface area (Å²) in [6.07, 6.45) is 6.93. The van der Waals surface area contributed by atoms with Crippen LogP contribution in [0.15, 0.2) is 18.2 Å².